The maximum absolute atomic E-state index is 13.9. The molecule has 1 heterocycles. The van der Waals surface area contributed by atoms with Gasteiger partial charge in [0.05, 0.1) is 11.6 Å². The molecule has 37 heavy (non-hydrogen) atoms. The lowest BCUT2D eigenvalue weighted by Crippen LogP contribution is -2.60. The van der Waals surface area contributed by atoms with Crippen molar-refractivity contribution in [2.24, 2.45) is 17.6 Å². The first-order chi connectivity index (χ1) is 17.4. The standard InChI is InChI=1S/C24H27F2N3O8/c1-29(2)18-12-6-10-5-11-9(7-28-36-8-14(25)26)3-4-13(30)16(11)19(31)15(10)21(33)23(12)24(35,37-23)17(20(18)32)22(27)34/h3-4,10,12,14,18,28,30-32,35H,5-8H2,1-2H3,(H2,27,34)/t10-,12-,18-,23-,24?/m0/s1. The Kier molecular flexibility index (Phi) is 5.84. The fourth-order valence-electron chi connectivity index (χ4n) is 6.34. The molecule has 3 aliphatic carbocycles. The molecule has 11 nitrogen and oxygen atoms in total. The highest BCUT2D eigenvalue weighted by molar-refractivity contribution is 6.14. The molecule has 1 saturated heterocycles. The van der Waals surface area contributed by atoms with Crippen LogP contribution >= 0.6 is 0 Å². The first-order valence-corrected chi connectivity index (χ1v) is 11.6. The van der Waals surface area contributed by atoms with E-state index in [2.05, 4.69) is 5.48 Å². The first kappa shape index (κ1) is 25.5. The molecule has 0 bridgehead atoms. The van der Waals surface area contributed by atoms with Crippen LogP contribution in [0.5, 0.6) is 5.75 Å². The van der Waals surface area contributed by atoms with Crippen molar-refractivity contribution in [1.82, 2.24) is 10.4 Å². The number of nitrogens with two attached hydrogens (primary N) is 1. The van der Waals surface area contributed by atoms with Gasteiger partial charge in [0.2, 0.25) is 11.6 Å². The average molecular weight is 523 g/mol. The van der Waals surface area contributed by atoms with Crippen molar-refractivity contribution in [3.05, 3.63) is 45.7 Å². The molecule has 4 aliphatic rings. The van der Waals surface area contributed by atoms with Crippen LogP contribution in [0.2, 0.25) is 0 Å². The number of phenols is 1. The van der Waals surface area contributed by atoms with Gasteiger partial charge in [0, 0.05) is 18.0 Å². The highest BCUT2D eigenvalue weighted by Crippen LogP contribution is 2.67. The number of carbonyl (C=O) groups excluding carboxylic acids is 2. The molecule has 1 spiro atoms. The van der Waals surface area contributed by atoms with Gasteiger partial charge in [0.15, 0.2) is 5.60 Å². The van der Waals surface area contributed by atoms with Crippen molar-refractivity contribution >= 4 is 17.4 Å². The molecule has 2 fully saturated rings. The molecule has 1 aliphatic heterocycles. The summed E-state index contributed by atoms with van der Waals surface area (Å²) in [5, 5.41) is 43.9. The highest BCUT2D eigenvalue weighted by atomic mass is 19.3. The van der Waals surface area contributed by atoms with Crippen molar-refractivity contribution in [1.29, 1.82) is 0 Å². The number of nitrogens with zero attached hydrogens (tertiary/aromatic N) is 1. The number of aliphatic hydroxyl groups is 3. The van der Waals surface area contributed by atoms with E-state index in [4.69, 9.17) is 15.3 Å². The van der Waals surface area contributed by atoms with Gasteiger partial charge in [-0.3, -0.25) is 19.3 Å². The minimum absolute atomic E-state index is 0.000262. The molecule has 1 saturated carbocycles. The monoisotopic (exact) mass is 523 g/mol. The van der Waals surface area contributed by atoms with E-state index in [-0.39, 0.29) is 36.3 Å². The molecule has 5 rings (SSSR count). The maximum Gasteiger partial charge on any atom is 0.263 e. The summed E-state index contributed by atoms with van der Waals surface area (Å²) in [6.45, 7) is -0.837. The fraction of sp³-hybridized carbons (Fsp3) is 0.500. The number of aliphatic hydroxyl groups excluding tert-OH is 2. The number of likely N-dealkylation sites (N-methyl/N-ethyl adjacent to an activating group) is 1. The van der Waals surface area contributed by atoms with Crippen LogP contribution in [0, 0.1) is 11.8 Å². The summed E-state index contributed by atoms with van der Waals surface area (Å²) in [6.07, 6.45) is -2.32. The summed E-state index contributed by atoms with van der Waals surface area (Å²) in [7, 11) is 3.26. The van der Waals surface area contributed by atoms with Gasteiger partial charge in [-0.1, -0.05) is 6.07 Å². The quantitative estimate of drug-likeness (QED) is 0.167. The van der Waals surface area contributed by atoms with Gasteiger partial charge in [0.25, 0.3) is 12.3 Å². The lowest BCUT2D eigenvalue weighted by atomic mass is 9.58. The molecule has 1 amide bonds. The van der Waals surface area contributed by atoms with E-state index < -0.39 is 71.1 Å². The summed E-state index contributed by atoms with van der Waals surface area (Å²) in [6, 6.07) is 1.96. The van der Waals surface area contributed by atoms with E-state index in [1.54, 1.807) is 25.1 Å². The second kappa shape index (κ2) is 8.46. The lowest BCUT2D eigenvalue weighted by molar-refractivity contribution is -0.127. The zero-order chi connectivity index (χ0) is 27.0. The second-order valence-corrected chi connectivity index (χ2v) is 9.97. The number of rotatable bonds is 7. The Morgan fingerprint density at radius 3 is 2.65 bits per heavy atom. The number of nitrogens with one attached hydrogen (secondary N) is 1. The Balaban J connectivity index is 1.59. The molecule has 5 atom stereocenters. The number of ketones is 1. The molecule has 1 aromatic rings. The van der Waals surface area contributed by atoms with Crippen molar-refractivity contribution in [2.75, 3.05) is 20.7 Å². The number of epoxide rings is 1. The van der Waals surface area contributed by atoms with Crippen LogP contribution in [0.4, 0.5) is 8.78 Å². The molecule has 7 N–H and O–H groups in total. The van der Waals surface area contributed by atoms with Gasteiger partial charge < -0.3 is 30.9 Å². The summed E-state index contributed by atoms with van der Waals surface area (Å²) in [5.41, 5.74) is 6.28. The number of aromatic hydroxyl groups is 1. The summed E-state index contributed by atoms with van der Waals surface area (Å²) in [5.74, 6) is -7.07. The van der Waals surface area contributed by atoms with Gasteiger partial charge in [-0.2, -0.15) is 5.48 Å². The van der Waals surface area contributed by atoms with Crippen molar-refractivity contribution in [3.8, 4) is 5.75 Å². The molecule has 1 unspecified atom stereocenters. The summed E-state index contributed by atoms with van der Waals surface area (Å²) in [4.78, 5) is 32.4. The number of phenolic OH excluding ortho intramolecular Hbond substituents is 1. The maximum atomic E-state index is 13.9. The Morgan fingerprint density at radius 2 is 2.03 bits per heavy atom. The Hall–Kier alpha value is -3.10. The van der Waals surface area contributed by atoms with Crippen LogP contribution in [0.25, 0.3) is 5.76 Å². The zero-order valence-corrected chi connectivity index (χ0v) is 20.0. The van der Waals surface area contributed by atoms with Crippen LogP contribution in [-0.4, -0.2) is 81.6 Å². The number of benzene rings is 1. The number of hydroxylamine groups is 1. The average Bonchev–Trinajstić information content (AvgIpc) is 3.42. The second-order valence-electron chi connectivity index (χ2n) is 9.97. The van der Waals surface area contributed by atoms with E-state index >= 15 is 0 Å². The fourth-order valence-corrected chi connectivity index (χ4v) is 6.34. The van der Waals surface area contributed by atoms with Crippen LogP contribution < -0.4 is 11.2 Å². The number of carbonyl (C=O) groups is 2. The van der Waals surface area contributed by atoms with Gasteiger partial charge in [-0.05, 0) is 50.0 Å². The highest BCUT2D eigenvalue weighted by Gasteiger charge is 2.85. The number of Topliss-reactive ketones (excluding diaryl/α,β-unsaturated/α-hetero) is 1. The van der Waals surface area contributed by atoms with Crippen molar-refractivity contribution in [3.63, 3.8) is 0 Å². The van der Waals surface area contributed by atoms with E-state index in [0.717, 1.165) is 0 Å². The minimum Gasteiger partial charge on any atom is -0.510 e. The van der Waals surface area contributed by atoms with Gasteiger partial charge in [0.1, 0.15) is 29.4 Å². The number of fused-ring (bicyclic) bond motifs is 2. The number of amides is 1. The Morgan fingerprint density at radius 1 is 1.32 bits per heavy atom. The SMILES string of the molecule is CN(C)[C@@H]1C(O)=C(C(N)=O)C2(O)O[C@@]23C(=O)C2=C(O)c4c(O)ccc(CNOCC(F)F)c4C[C@H]2C[C@@H]13. The molecule has 200 valence electrons. The van der Waals surface area contributed by atoms with Crippen LogP contribution in [0.1, 0.15) is 23.1 Å². The summed E-state index contributed by atoms with van der Waals surface area (Å²) >= 11 is 0. The Bertz CT molecular complexity index is 1260. The van der Waals surface area contributed by atoms with Crippen molar-refractivity contribution in [2.45, 2.75) is 43.2 Å². The first-order valence-electron chi connectivity index (χ1n) is 11.6. The van der Waals surface area contributed by atoms with Crippen LogP contribution in [-0.2, 0) is 32.1 Å². The van der Waals surface area contributed by atoms with Gasteiger partial charge >= 0.3 is 0 Å². The molecule has 1 aromatic carbocycles. The molecule has 0 radical (unpaired) electrons. The van der Waals surface area contributed by atoms with E-state index in [1.807, 2.05) is 0 Å². The zero-order valence-electron chi connectivity index (χ0n) is 20.0. The Labute approximate surface area is 209 Å². The molecule has 0 aromatic heterocycles. The third-order valence-electron chi connectivity index (χ3n) is 7.78. The predicted octanol–water partition coefficient (Wildman–Crippen LogP) is 0.408. The smallest absolute Gasteiger partial charge is 0.263 e. The number of hydrogen-bond donors (Lipinski definition) is 6. The molecule has 13 heteroatoms. The number of ether oxygens (including phenoxy) is 1. The normalized spacial score (nSPS) is 32.3. The molecular weight excluding hydrogens is 496 g/mol. The number of primary amides is 1. The lowest BCUT2D eigenvalue weighted by Gasteiger charge is -2.46. The largest absolute Gasteiger partial charge is 0.510 e. The third kappa shape index (κ3) is 3.42. The number of hydrogen-bond acceptors (Lipinski definition) is 10. The third-order valence-corrected chi connectivity index (χ3v) is 7.78. The van der Waals surface area contributed by atoms with E-state index in [1.165, 1.54) is 6.07 Å². The predicted molar refractivity (Wildman–Crippen MR) is 122 cm³/mol. The van der Waals surface area contributed by atoms with E-state index in [9.17, 15) is 38.8 Å². The molecular formula is C24H27F2N3O8. The van der Waals surface area contributed by atoms with Crippen molar-refractivity contribution < 1.29 is 48.4 Å². The number of alkyl halides is 2. The van der Waals surface area contributed by atoms with Gasteiger partial charge in [-0.25, -0.2) is 8.78 Å². The minimum atomic E-state index is -2.67. The van der Waals surface area contributed by atoms with Crippen LogP contribution in [0.3, 0.4) is 0 Å². The van der Waals surface area contributed by atoms with Gasteiger partial charge in [-0.15, -0.1) is 0 Å². The van der Waals surface area contributed by atoms with E-state index in [0.29, 0.717) is 11.1 Å². The summed E-state index contributed by atoms with van der Waals surface area (Å²) < 4.78 is 30.4. The topological polar surface area (TPSA) is 178 Å². The van der Waals surface area contributed by atoms with Crippen LogP contribution in [0.15, 0.2) is 29.0 Å². The number of halogens is 2.